The molecule has 0 heterocycles. The van der Waals surface area contributed by atoms with Crippen LogP contribution in [0.1, 0.15) is 5.56 Å². The summed E-state index contributed by atoms with van der Waals surface area (Å²) >= 11 is 2.87. The van der Waals surface area contributed by atoms with Gasteiger partial charge >= 0.3 is 15.6 Å². The third-order valence-corrected chi connectivity index (χ3v) is 3.54. The van der Waals surface area contributed by atoms with Crippen molar-refractivity contribution in [3.8, 4) is 0 Å². The highest BCUT2D eigenvalue weighted by Gasteiger charge is 2.47. The van der Waals surface area contributed by atoms with Gasteiger partial charge in [0, 0.05) is 6.07 Å². The van der Waals surface area contributed by atoms with E-state index in [1.54, 1.807) is 0 Å². The molecule has 0 aliphatic rings. The van der Waals surface area contributed by atoms with Crippen LogP contribution in [-0.4, -0.2) is 18.8 Å². The number of rotatable bonds is 4. The van der Waals surface area contributed by atoms with E-state index in [-0.39, 0.29) is 10.0 Å². The van der Waals surface area contributed by atoms with Crippen molar-refractivity contribution in [2.24, 2.45) is 0 Å². The summed E-state index contributed by atoms with van der Waals surface area (Å²) in [5.41, 5.74) is -6.03. The Labute approximate surface area is 113 Å². The van der Waals surface area contributed by atoms with E-state index in [1.165, 1.54) is 12.1 Å². The second kappa shape index (κ2) is 5.43. The molecule has 0 unspecified atom stereocenters. The fraction of sp³-hybridized carbons (Fsp3) is 0.250. The number of nitrogens with zero attached hydrogens (tertiary/aromatic N) is 1. The smallest absolute Gasteiger partial charge is 0.258 e. The van der Waals surface area contributed by atoms with Crippen LogP contribution in [0.2, 0.25) is 0 Å². The molecular formula is C8H5BrF3NO5S. The summed E-state index contributed by atoms with van der Waals surface area (Å²) < 4.78 is 61.1. The molecule has 106 valence electrons. The molecule has 0 aromatic heterocycles. The highest BCUT2D eigenvalue weighted by Crippen LogP contribution is 2.28. The molecule has 1 aromatic carbocycles. The molecule has 0 spiro atoms. The summed E-state index contributed by atoms with van der Waals surface area (Å²) in [5.74, 6) is 0. The molecule has 6 nitrogen and oxygen atoms in total. The van der Waals surface area contributed by atoms with Gasteiger partial charge in [-0.1, -0.05) is 6.07 Å². The minimum absolute atomic E-state index is 0.0808. The predicted molar refractivity (Wildman–Crippen MR) is 60.6 cm³/mol. The second-order valence-electron chi connectivity index (χ2n) is 3.20. The Kier molecular flexibility index (Phi) is 4.53. The summed E-state index contributed by atoms with van der Waals surface area (Å²) in [4.78, 5) is 9.80. The zero-order valence-electron chi connectivity index (χ0n) is 8.85. The first-order chi connectivity index (χ1) is 8.54. The van der Waals surface area contributed by atoms with Crippen LogP contribution in [0, 0.1) is 10.1 Å². The van der Waals surface area contributed by atoms with Gasteiger partial charge in [-0.3, -0.25) is 14.3 Å². The quantitative estimate of drug-likeness (QED) is 0.355. The van der Waals surface area contributed by atoms with Crippen molar-refractivity contribution < 1.29 is 30.7 Å². The SMILES string of the molecule is O=[N+]([O-])c1cc(COS(=O)(=O)C(F)(F)F)ccc1Br. The first-order valence-corrected chi connectivity index (χ1v) is 6.63. The lowest BCUT2D eigenvalue weighted by molar-refractivity contribution is -0.385. The van der Waals surface area contributed by atoms with Gasteiger partial charge in [0.25, 0.3) is 5.69 Å². The Balaban J connectivity index is 2.92. The monoisotopic (exact) mass is 363 g/mol. The molecule has 0 fully saturated rings. The summed E-state index contributed by atoms with van der Waals surface area (Å²) in [6.07, 6.45) is 0. The van der Waals surface area contributed by atoms with Crippen LogP contribution >= 0.6 is 15.9 Å². The van der Waals surface area contributed by atoms with Gasteiger partial charge in [0.2, 0.25) is 0 Å². The Morgan fingerprint density at radius 2 is 1.95 bits per heavy atom. The van der Waals surface area contributed by atoms with Crippen molar-refractivity contribution in [2.75, 3.05) is 0 Å². The van der Waals surface area contributed by atoms with E-state index >= 15 is 0 Å². The number of alkyl halides is 3. The maximum atomic E-state index is 12.0. The molecule has 11 heteroatoms. The maximum absolute atomic E-state index is 12.0. The number of hydrogen-bond acceptors (Lipinski definition) is 5. The van der Waals surface area contributed by atoms with Crippen molar-refractivity contribution >= 4 is 31.7 Å². The molecular weight excluding hydrogens is 359 g/mol. The molecule has 1 rings (SSSR count). The van der Waals surface area contributed by atoms with Crippen molar-refractivity contribution in [2.45, 2.75) is 12.1 Å². The van der Waals surface area contributed by atoms with Gasteiger partial charge in [-0.25, -0.2) is 0 Å². The standard InChI is InChI=1S/C8H5BrF3NO5S/c9-6-2-1-5(3-7(6)13(14)15)4-18-19(16,17)8(10,11)12/h1-3H,4H2. The van der Waals surface area contributed by atoms with Crippen molar-refractivity contribution in [1.29, 1.82) is 0 Å². The Morgan fingerprint density at radius 3 is 2.42 bits per heavy atom. The lowest BCUT2D eigenvalue weighted by Crippen LogP contribution is -2.25. The third kappa shape index (κ3) is 3.88. The number of benzene rings is 1. The van der Waals surface area contributed by atoms with E-state index in [0.717, 1.165) is 6.07 Å². The van der Waals surface area contributed by atoms with Gasteiger partial charge in [-0.2, -0.15) is 21.6 Å². The van der Waals surface area contributed by atoms with E-state index in [9.17, 15) is 31.7 Å². The average molecular weight is 364 g/mol. The molecule has 1 aromatic rings. The Morgan fingerprint density at radius 1 is 1.37 bits per heavy atom. The Hall–Kier alpha value is -1.20. The lowest BCUT2D eigenvalue weighted by Gasteiger charge is -2.08. The molecule has 0 amide bonds. The number of hydrogen-bond donors (Lipinski definition) is 0. The average Bonchev–Trinajstić information content (AvgIpc) is 2.26. The second-order valence-corrected chi connectivity index (χ2v) is 5.67. The zero-order valence-corrected chi connectivity index (χ0v) is 11.3. The van der Waals surface area contributed by atoms with Crippen molar-refractivity contribution in [3.05, 3.63) is 38.3 Å². The van der Waals surface area contributed by atoms with Gasteiger partial charge in [0.1, 0.15) is 0 Å². The van der Waals surface area contributed by atoms with E-state index in [4.69, 9.17) is 0 Å². The summed E-state index contributed by atoms with van der Waals surface area (Å²) in [6, 6.07) is 3.32. The highest BCUT2D eigenvalue weighted by atomic mass is 79.9. The minimum atomic E-state index is -5.72. The predicted octanol–water partition coefficient (Wildman–Crippen LogP) is 2.72. The largest absolute Gasteiger partial charge is 0.523 e. The summed E-state index contributed by atoms with van der Waals surface area (Å²) in [5, 5.41) is 10.6. The zero-order chi connectivity index (χ0) is 14.8. The third-order valence-electron chi connectivity index (χ3n) is 1.87. The molecule has 0 saturated heterocycles. The molecule has 0 saturated carbocycles. The van der Waals surface area contributed by atoms with Crippen LogP contribution in [0.25, 0.3) is 0 Å². The van der Waals surface area contributed by atoms with Gasteiger partial charge < -0.3 is 0 Å². The molecule has 0 atom stereocenters. The topological polar surface area (TPSA) is 86.5 Å². The number of halogens is 4. The minimum Gasteiger partial charge on any atom is -0.258 e. The molecule has 0 N–H and O–H groups in total. The molecule has 0 radical (unpaired) electrons. The maximum Gasteiger partial charge on any atom is 0.523 e. The molecule has 19 heavy (non-hydrogen) atoms. The van der Waals surface area contributed by atoms with Gasteiger partial charge in [-0.05, 0) is 27.6 Å². The van der Waals surface area contributed by atoms with E-state index < -0.39 is 32.8 Å². The first kappa shape index (κ1) is 15.9. The fourth-order valence-electron chi connectivity index (χ4n) is 1.00. The normalized spacial score (nSPS) is 12.4. The Bertz CT molecular complexity index is 601. The van der Waals surface area contributed by atoms with Crippen LogP contribution in [0.5, 0.6) is 0 Å². The van der Waals surface area contributed by atoms with Gasteiger partial charge in [0.05, 0.1) is 16.0 Å². The van der Waals surface area contributed by atoms with Gasteiger partial charge in [-0.15, -0.1) is 0 Å². The van der Waals surface area contributed by atoms with Gasteiger partial charge in [0.15, 0.2) is 0 Å². The van der Waals surface area contributed by atoms with E-state index in [2.05, 4.69) is 20.1 Å². The van der Waals surface area contributed by atoms with Crippen molar-refractivity contribution in [3.63, 3.8) is 0 Å². The van der Waals surface area contributed by atoms with Crippen LogP contribution in [0.4, 0.5) is 18.9 Å². The van der Waals surface area contributed by atoms with Crippen molar-refractivity contribution in [1.82, 2.24) is 0 Å². The molecule has 0 aliphatic heterocycles. The molecule has 0 aliphatic carbocycles. The highest BCUT2D eigenvalue weighted by molar-refractivity contribution is 9.10. The number of nitro groups is 1. The van der Waals surface area contributed by atoms with Crippen LogP contribution in [-0.2, 0) is 20.9 Å². The number of nitro benzene ring substituents is 1. The summed E-state index contributed by atoms with van der Waals surface area (Å²) in [6.45, 7) is -0.948. The van der Waals surface area contributed by atoms with E-state index in [1.807, 2.05) is 0 Å². The van der Waals surface area contributed by atoms with E-state index in [0.29, 0.717) is 0 Å². The summed E-state index contributed by atoms with van der Waals surface area (Å²) in [7, 11) is -5.72. The lowest BCUT2D eigenvalue weighted by atomic mass is 10.2. The first-order valence-electron chi connectivity index (χ1n) is 4.43. The van der Waals surface area contributed by atoms with Crippen LogP contribution in [0.15, 0.2) is 22.7 Å². The van der Waals surface area contributed by atoms with Crippen LogP contribution in [0.3, 0.4) is 0 Å². The molecule has 0 bridgehead atoms. The van der Waals surface area contributed by atoms with Crippen LogP contribution < -0.4 is 0 Å². The fourth-order valence-corrected chi connectivity index (χ4v) is 1.82.